The van der Waals surface area contributed by atoms with Gasteiger partial charge in [-0.15, -0.1) is 0 Å². The first-order valence-corrected chi connectivity index (χ1v) is 7.20. The summed E-state index contributed by atoms with van der Waals surface area (Å²) in [7, 11) is 0. The Kier molecular flexibility index (Phi) is 4.13. The summed E-state index contributed by atoms with van der Waals surface area (Å²) >= 11 is 0. The second-order valence-corrected chi connectivity index (χ2v) is 5.88. The molecule has 0 aliphatic carbocycles. The van der Waals surface area contributed by atoms with E-state index >= 15 is 0 Å². The minimum absolute atomic E-state index is 0.0175. The van der Waals surface area contributed by atoms with Crippen molar-refractivity contribution < 1.29 is 14.3 Å². The zero-order valence-corrected chi connectivity index (χ0v) is 12.1. The topological polar surface area (TPSA) is 58.6 Å². The van der Waals surface area contributed by atoms with Gasteiger partial charge in [0.2, 0.25) is 11.8 Å². The predicted molar refractivity (Wildman–Crippen MR) is 71.6 cm³/mol. The third kappa shape index (κ3) is 2.91. The van der Waals surface area contributed by atoms with Crippen LogP contribution in [0.15, 0.2) is 0 Å². The van der Waals surface area contributed by atoms with Crippen LogP contribution in [-0.2, 0) is 14.3 Å². The van der Waals surface area contributed by atoms with Gasteiger partial charge in [-0.05, 0) is 33.1 Å². The van der Waals surface area contributed by atoms with Gasteiger partial charge in [0.05, 0.1) is 6.10 Å². The number of hydrogen-bond donors (Lipinski definition) is 1. The van der Waals surface area contributed by atoms with E-state index in [1.165, 1.54) is 0 Å². The highest BCUT2D eigenvalue weighted by Crippen LogP contribution is 2.23. The van der Waals surface area contributed by atoms with E-state index in [-0.39, 0.29) is 24.0 Å². The van der Waals surface area contributed by atoms with E-state index in [1.54, 1.807) is 0 Å². The molecule has 3 unspecified atom stereocenters. The number of nitrogens with one attached hydrogen (secondary N) is 1. The number of hydrogen-bond acceptors (Lipinski definition) is 3. The fourth-order valence-electron chi connectivity index (χ4n) is 2.82. The lowest BCUT2D eigenvalue weighted by molar-refractivity contribution is -0.141. The number of ether oxygens (including phenoxy) is 1. The van der Waals surface area contributed by atoms with Gasteiger partial charge in [0.15, 0.2) is 0 Å². The van der Waals surface area contributed by atoms with Crippen molar-refractivity contribution in [1.29, 1.82) is 0 Å². The van der Waals surface area contributed by atoms with E-state index < -0.39 is 5.54 Å². The molecule has 2 rings (SSSR count). The summed E-state index contributed by atoms with van der Waals surface area (Å²) in [6.45, 7) is 7.06. The Balaban J connectivity index is 2.17. The van der Waals surface area contributed by atoms with Crippen molar-refractivity contribution in [2.75, 3.05) is 13.2 Å². The van der Waals surface area contributed by atoms with Crippen LogP contribution in [0, 0.1) is 0 Å². The van der Waals surface area contributed by atoms with Crippen LogP contribution in [0.25, 0.3) is 0 Å². The zero-order valence-electron chi connectivity index (χ0n) is 12.1. The van der Waals surface area contributed by atoms with Gasteiger partial charge in [0.1, 0.15) is 5.54 Å². The van der Waals surface area contributed by atoms with Crippen molar-refractivity contribution >= 4 is 11.8 Å². The molecule has 0 spiro atoms. The zero-order chi connectivity index (χ0) is 14.0. The molecule has 0 saturated carbocycles. The summed E-state index contributed by atoms with van der Waals surface area (Å²) in [6.07, 6.45) is 3.16. The second-order valence-electron chi connectivity index (χ2n) is 5.88. The molecule has 19 heavy (non-hydrogen) atoms. The molecule has 2 saturated heterocycles. The molecule has 2 aliphatic heterocycles. The van der Waals surface area contributed by atoms with Gasteiger partial charge in [-0.25, -0.2) is 0 Å². The van der Waals surface area contributed by atoms with Crippen molar-refractivity contribution in [3.63, 3.8) is 0 Å². The fraction of sp³-hybridized carbons (Fsp3) is 0.857. The van der Waals surface area contributed by atoms with Gasteiger partial charge in [-0.1, -0.05) is 6.92 Å². The highest BCUT2D eigenvalue weighted by atomic mass is 16.5. The molecular formula is C14H24N2O3. The maximum Gasteiger partial charge on any atom is 0.248 e. The van der Waals surface area contributed by atoms with Crippen LogP contribution in [0.1, 0.15) is 46.5 Å². The maximum atomic E-state index is 12.7. The molecule has 2 fully saturated rings. The Morgan fingerprint density at radius 2 is 2.21 bits per heavy atom. The number of nitrogens with zero attached hydrogens (tertiary/aromatic N) is 1. The smallest absolute Gasteiger partial charge is 0.248 e. The van der Waals surface area contributed by atoms with E-state index in [9.17, 15) is 9.59 Å². The Bertz CT molecular complexity index is 366. The molecule has 2 aliphatic rings. The van der Waals surface area contributed by atoms with Gasteiger partial charge < -0.3 is 15.0 Å². The van der Waals surface area contributed by atoms with Gasteiger partial charge in [-0.3, -0.25) is 9.59 Å². The standard InChI is InChI=1S/C14H24N2O3/c1-4-14(3)13(18)16(9-11-6-5-7-19-11)10(2)8-12(17)15-14/h10-11H,4-9H2,1-3H3,(H,15,17). The Labute approximate surface area is 114 Å². The molecule has 2 amide bonds. The van der Waals surface area contributed by atoms with Crippen molar-refractivity contribution in [2.45, 2.75) is 64.1 Å². The fourth-order valence-corrected chi connectivity index (χ4v) is 2.82. The SMILES string of the molecule is CCC1(C)NC(=O)CC(C)N(CC2CCCO2)C1=O. The Morgan fingerprint density at radius 1 is 1.47 bits per heavy atom. The maximum absolute atomic E-state index is 12.7. The van der Waals surface area contributed by atoms with E-state index in [0.717, 1.165) is 19.4 Å². The Hall–Kier alpha value is -1.10. The third-order valence-electron chi connectivity index (χ3n) is 4.29. The van der Waals surface area contributed by atoms with Crippen LogP contribution in [0.3, 0.4) is 0 Å². The summed E-state index contributed by atoms with van der Waals surface area (Å²) in [5, 5.41) is 2.87. The van der Waals surface area contributed by atoms with Crippen LogP contribution in [0.5, 0.6) is 0 Å². The highest BCUT2D eigenvalue weighted by molar-refractivity contribution is 5.93. The lowest BCUT2D eigenvalue weighted by Crippen LogP contribution is -2.56. The van der Waals surface area contributed by atoms with Crippen LogP contribution in [0.4, 0.5) is 0 Å². The number of carbonyl (C=O) groups excluding carboxylic acids is 2. The van der Waals surface area contributed by atoms with Crippen LogP contribution < -0.4 is 5.32 Å². The molecule has 0 radical (unpaired) electrons. The number of rotatable bonds is 3. The number of carbonyl (C=O) groups is 2. The minimum Gasteiger partial charge on any atom is -0.376 e. The summed E-state index contributed by atoms with van der Waals surface area (Å²) in [5.41, 5.74) is -0.777. The molecule has 0 aromatic rings. The first-order chi connectivity index (χ1) is 8.96. The van der Waals surface area contributed by atoms with Gasteiger partial charge in [-0.2, -0.15) is 0 Å². The van der Waals surface area contributed by atoms with E-state index in [2.05, 4.69) is 5.32 Å². The molecule has 5 heteroatoms. The van der Waals surface area contributed by atoms with Crippen molar-refractivity contribution in [1.82, 2.24) is 10.2 Å². The minimum atomic E-state index is -0.777. The third-order valence-corrected chi connectivity index (χ3v) is 4.29. The lowest BCUT2D eigenvalue weighted by atomic mass is 9.97. The van der Waals surface area contributed by atoms with Crippen molar-refractivity contribution in [2.24, 2.45) is 0 Å². The van der Waals surface area contributed by atoms with E-state index in [4.69, 9.17) is 4.74 Å². The summed E-state index contributed by atoms with van der Waals surface area (Å²) in [4.78, 5) is 26.4. The molecule has 0 bridgehead atoms. The molecule has 0 aromatic heterocycles. The monoisotopic (exact) mass is 268 g/mol. The second kappa shape index (κ2) is 5.49. The van der Waals surface area contributed by atoms with Gasteiger partial charge in [0, 0.05) is 25.6 Å². The predicted octanol–water partition coefficient (Wildman–Crippen LogP) is 1.07. The first kappa shape index (κ1) is 14.3. The quantitative estimate of drug-likeness (QED) is 0.833. The van der Waals surface area contributed by atoms with Gasteiger partial charge in [0.25, 0.3) is 0 Å². The van der Waals surface area contributed by atoms with E-state index in [0.29, 0.717) is 19.4 Å². The average molecular weight is 268 g/mol. The average Bonchev–Trinajstić information content (AvgIpc) is 2.84. The van der Waals surface area contributed by atoms with E-state index in [1.807, 2.05) is 25.7 Å². The normalized spacial score (nSPS) is 36.3. The number of amides is 2. The molecule has 5 nitrogen and oxygen atoms in total. The van der Waals surface area contributed by atoms with Crippen LogP contribution in [-0.4, -0.2) is 47.6 Å². The van der Waals surface area contributed by atoms with Crippen molar-refractivity contribution in [3.8, 4) is 0 Å². The molecule has 108 valence electrons. The van der Waals surface area contributed by atoms with Gasteiger partial charge >= 0.3 is 0 Å². The molecule has 2 heterocycles. The lowest BCUT2D eigenvalue weighted by Gasteiger charge is -2.35. The molecule has 3 atom stereocenters. The highest BCUT2D eigenvalue weighted by Gasteiger charge is 2.42. The summed E-state index contributed by atoms with van der Waals surface area (Å²) < 4.78 is 5.62. The first-order valence-electron chi connectivity index (χ1n) is 7.20. The Morgan fingerprint density at radius 3 is 2.79 bits per heavy atom. The van der Waals surface area contributed by atoms with Crippen molar-refractivity contribution in [3.05, 3.63) is 0 Å². The van der Waals surface area contributed by atoms with Crippen LogP contribution in [0.2, 0.25) is 0 Å². The largest absolute Gasteiger partial charge is 0.376 e. The summed E-state index contributed by atoms with van der Waals surface area (Å²) in [6, 6.07) is -0.0647. The summed E-state index contributed by atoms with van der Waals surface area (Å²) in [5.74, 6) is -0.0242. The van der Waals surface area contributed by atoms with Crippen LogP contribution >= 0.6 is 0 Å². The molecule has 1 N–H and O–H groups in total. The molecular weight excluding hydrogens is 244 g/mol. The molecule has 0 aromatic carbocycles.